The zero-order valence-corrected chi connectivity index (χ0v) is 12.0. The first-order chi connectivity index (χ1) is 8.65. The second-order valence-electron chi connectivity index (χ2n) is 4.06. The molecule has 0 fully saturated rings. The summed E-state index contributed by atoms with van der Waals surface area (Å²) in [4.78, 5) is 0. The summed E-state index contributed by atoms with van der Waals surface area (Å²) in [6, 6.07) is 6.14. The molecule has 1 aliphatic heterocycles. The number of halogens is 1. The first-order valence-electron chi connectivity index (χ1n) is 5.39. The summed E-state index contributed by atoms with van der Waals surface area (Å²) in [5.74, 6) is 0.817. The van der Waals surface area contributed by atoms with Gasteiger partial charge in [-0.25, -0.2) is 0 Å². The van der Waals surface area contributed by atoms with Crippen LogP contribution in [0.15, 0.2) is 27.8 Å². The number of hydrogen-bond acceptors (Lipinski definition) is 3. The average molecular weight is 324 g/mol. The first-order valence-corrected chi connectivity index (χ1v) is 7.74. The Kier molecular flexibility index (Phi) is 2.91. The fraction of sp³-hybridized carbons (Fsp3) is 0.167. The van der Waals surface area contributed by atoms with Crippen molar-refractivity contribution in [2.75, 3.05) is 6.26 Å². The van der Waals surface area contributed by atoms with Crippen molar-refractivity contribution in [3.8, 4) is 0 Å². The molecule has 0 spiro atoms. The number of aromatic nitrogens is 3. The summed E-state index contributed by atoms with van der Waals surface area (Å²) in [5, 5.41) is 8.59. The average Bonchev–Trinajstić information content (AvgIpc) is 2.64. The van der Waals surface area contributed by atoms with E-state index in [2.05, 4.69) is 38.3 Å². The molecule has 4 nitrogen and oxygen atoms in total. The van der Waals surface area contributed by atoms with Gasteiger partial charge in [0, 0.05) is 23.3 Å². The predicted molar refractivity (Wildman–Crippen MR) is 74.5 cm³/mol. The van der Waals surface area contributed by atoms with Crippen molar-refractivity contribution < 1.29 is 4.21 Å². The highest BCUT2D eigenvalue weighted by Crippen LogP contribution is 2.24. The van der Waals surface area contributed by atoms with Crippen molar-refractivity contribution in [3.63, 3.8) is 0 Å². The van der Waals surface area contributed by atoms with E-state index in [1.165, 1.54) is 5.56 Å². The van der Waals surface area contributed by atoms with Crippen LogP contribution in [0.25, 0.3) is 12.3 Å². The molecule has 0 aliphatic carbocycles. The Hall–Kier alpha value is -1.27. The van der Waals surface area contributed by atoms with Gasteiger partial charge < -0.3 is 0 Å². The topological polar surface area (TPSA) is 47.8 Å². The summed E-state index contributed by atoms with van der Waals surface area (Å²) in [7, 11) is -1.14. The van der Waals surface area contributed by atoms with Gasteiger partial charge in [0.25, 0.3) is 0 Å². The Bertz CT molecular complexity index is 678. The molecule has 1 aromatic carbocycles. The van der Waals surface area contributed by atoms with Crippen LogP contribution in [0.1, 0.15) is 17.0 Å². The molecule has 1 atom stereocenters. The molecule has 0 saturated heterocycles. The highest BCUT2D eigenvalue weighted by molar-refractivity contribution is 9.10. The maximum Gasteiger partial charge on any atom is 0.225 e. The Balaban J connectivity index is 2.15. The lowest BCUT2D eigenvalue weighted by molar-refractivity contribution is 0.677. The SMILES string of the molecule is CS(=O)c1nnc2n1C=Cc1cc(Br)ccc1C2. The third-order valence-electron chi connectivity index (χ3n) is 2.85. The number of nitrogens with zero attached hydrogens (tertiary/aromatic N) is 3. The van der Waals surface area contributed by atoms with Crippen LogP contribution in [-0.2, 0) is 17.2 Å². The molecule has 0 bridgehead atoms. The number of hydrogen-bond donors (Lipinski definition) is 0. The first kappa shape index (κ1) is 11.8. The van der Waals surface area contributed by atoms with Crippen molar-refractivity contribution in [1.82, 2.24) is 14.8 Å². The van der Waals surface area contributed by atoms with Gasteiger partial charge >= 0.3 is 0 Å². The summed E-state index contributed by atoms with van der Waals surface area (Å²) in [5.41, 5.74) is 2.33. The Morgan fingerprint density at radius 2 is 2.22 bits per heavy atom. The lowest BCUT2D eigenvalue weighted by Crippen LogP contribution is -2.01. The van der Waals surface area contributed by atoms with Gasteiger partial charge in [0.2, 0.25) is 5.16 Å². The van der Waals surface area contributed by atoms with Crippen LogP contribution in [0.2, 0.25) is 0 Å². The predicted octanol–water partition coefficient (Wildman–Crippen LogP) is 2.31. The number of benzene rings is 1. The molecule has 0 N–H and O–H groups in total. The fourth-order valence-corrected chi connectivity index (χ4v) is 2.96. The molecule has 92 valence electrons. The zero-order chi connectivity index (χ0) is 12.7. The van der Waals surface area contributed by atoms with Crippen LogP contribution in [-0.4, -0.2) is 25.2 Å². The van der Waals surface area contributed by atoms with E-state index in [1.54, 1.807) is 6.26 Å². The van der Waals surface area contributed by atoms with Crippen molar-refractivity contribution in [3.05, 3.63) is 39.6 Å². The summed E-state index contributed by atoms with van der Waals surface area (Å²) < 4.78 is 14.4. The van der Waals surface area contributed by atoms with Crippen LogP contribution in [0.5, 0.6) is 0 Å². The monoisotopic (exact) mass is 323 g/mol. The van der Waals surface area contributed by atoms with E-state index >= 15 is 0 Å². The van der Waals surface area contributed by atoms with Crippen LogP contribution < -0.4 is 0 Å². The standard InChI is InChI=1S/C12H10BrN3OS/c1-18(17)12-15-14-11-7-8-2-3-10(13)6-9(8)4-5-16(11)12/h2-6H,7H2,1H3. The van der Waals surface area contributed by atoms with Gasteiger partial charge in [-0.3, -0.25) is 8.78 Å². The summed E-state index contributed by atoms with van der Waals surface area (Å²) in [6.07, 6.45) is 6.18. The lowest BCUT2D eigenvalue weighted by Gasteiger charge is -2.03. The molecular formula is C12H10BrN3OS. The van der Waals surface area contributed by atoms with Gasteiger partial charge in [-0.1, -0.05) is 22.0 Å². The molecule has 2 heterocycles. The van der Waals surface area contributed by atoms with Crippen LogP contribution in [0.4, 0.5) is 0 Å². The van der Waals surface area contributed by atoms with Crippen molar-refractivity contribution in [2.45, 2.75) is 11.6 Å². The van der Waals surface area contributed by atoms with Gasteiger partial charge in [0.15, 0.2) is 0 Å². The van der Waals surface area contributed by atoms with E-state index in [4.69, 9.17) is 0 Å². The van der Waals surface area contributed by atoms with E-state index in [0.717, 1.165) is 15.9 Å². The van der Waals surface area contributed by atoms with Gasteiger partial charge in [-0.2, -0.15) is 0 Å². The molecule has 18 heavy (non-hydrogen) atoms. The van der Waals surface area contributed by atoms with Crippen LogP contribution in [0.3, 0.4) is 0 Å². The minimum absolute atomic E-state index is 0.494. The second kappa shape index (κ2) is 4.44. The van der Waals surface area contributed by atoms with Gasteiger partial charge in [0.05, 0.1) is 10.8 Å². The third-order valence-corrected chi connectivity index (χ3v) is 4.14. The zero-order valence-electron chi connectivity index (χ0n) is 9.63. The fourth-order valence-electron chi connectivity index (χ4n) is 1.98. The summed E-state index contributed by atoms with van der Waals surface area (Å²) >= 11 is 3.46. The molecule has 1 unspecified atom stereocenters. The second-order valence-corrected chi connectivity index (χ2v) is 6.25. The smallest absolute Gasteiger partial charge is 0.225 e. The molecule has 0 radical (unpaired) electrons. The summed E-state index contributed by atoms with van der Waals surface area (Å²) in [6.45, 7) is 0. The van der Waals surface area contributed by atoms with Crippen molar-refractivity contribution in [2.24, 2.45) is 0 Å². The van der Waals surface area contributed by atoms with Gasteiger partial charge in [-0.15, -0.1) is 10.2 Å². The number of rotatable bonds is 1. The molecule has 1 aromatic heterocycles. The quantitative estimate of drug-likeness (QED) is 0.690. The normalized spacial score (nSPS) is 14.8. The lowest BCUT2D eigenvalue weighted by atomic mass is 10.1. The molecule has 6 heteroatoms. The van der Waals surface area contributed by atoms with Crippen molar-refractivity contribution >= 4 is 39.0 Å². The Morgan fingerprint density at radius 3 is 3.00 bits per heavy atom. The van der Waals surface area contributed by atoms with Crippen molar-refractivity contribution in [1.29, 1.82) is 0 Å². The minimum atomic E-state index is -1.14. The van der Waals surface area contributed by atoms with E-state index in [1.807, 2.05) is 22.9 Å². The van der Waals surface area contributed by atoms with Crippen LogP contribution in [0, 0.1) is 0 Å². The van der Waals surface area contributed by atoms with Gasteiger partial charge in [-0.05, 0) is 29.3 Å². The van der Waals surface area contributed by atoms with E-state index in [9.17, 15) is 4.21 Å². The molecule has 3 rings (SSSR count). The molecule has 2 aromatic rings. The molecular weight excluding hydrogens is 314 g/mol. The minimum Gasteiger partial charge on any atom is -0.279 e. The maximum absolute atomic E-state index is 11.6. The van der Waals surface area contributed by atoms with Crippen LogP contribution >= 0.6 is 15.9 Å². The largest absolute Gasteiger partial charge is 0.279 e. The highest BCUT2D eigenvalue weighted by atomic mass is 79.9. The van der Waals surface area contributed by atoms with E-state index < -0.39 is 10.8 Å². The Morgan fingerprint density at radius 1 is 1.39 bits per heavy atom. The highest BCUT2D eigenvalue weighted by Gasteiger charge is 2.16. The molecule has 1 aliphatic rings. The van der Waals surface area contributed by atoms with E-state index in [-0.39, 0.29) is 0 Å². The molecule has 0 amide bonds. The number of fused-ring (bicyclic) bond motifs is 2. The third kappa shape index (κ3) is 1.95. The molecule has 0 saturated carbocycles. The Labute approximate surface area is 115 Å². The van der Waals surface area contributed by atoms with Gasteiger partial charge in [0.1, 0.15) is 5.82 Å². The maximum atomic E-state index is 11.6. The van der Waals surface area contributed by atoms with E-state index in [0.29, 0.717) is 11.6 Å².